The lowest BCUT2D eigenvalue weighted by Crippen LogP contribution is -2.57. The molecule has 4 heteroatoms. The zero-order valence-electron chi connectivity index (χ0n) is 12.6. The van der Waals surface area contributed by atoms with Crippen molar-refractivity contribution in [3.05, 3.63) is 35.6 Å². The zero-order valence-corrected chi connectivity index (χ0v) is 12.6. The molecule has 21 heavy (non-hydrogen) atoms. The van der Waals surface area contributed by atoms with E-state index < -0.39 is 5.72 Å². The lowest BCUT2D eigenvalue weighted by molar-refractivity contribution is -0.145. The number of nitrogens with zero attached hydrogens (tertiary/aromatic N) is 2. The Morgan fingerprint density at radius 2 is 1.57 bits per heavy atom. The van der Waals surface area contributed by atoms with Gasteiger partial charge in [-0.1, -0.05) is 18.6 Å². The number of hydrogen-bond donors (Lipinski definition) is 1. The van der Waals surface area contributed by atoms with Gasteiger partial charge in [-0.05, 0) is 43.4 Å². The van der Waals surface area contributed by atoms with Crippen LogP contribution in [0.1, 0.15) is 37.7 Å². The predicted molar refractivity (Wildman–Crippen MR) is 81.3 cm³/mol. The van der Waals surface area contributed by atoms with Crippen molar-refractivity contribution in [3.63, 3.8) is 0 Å². The summed E-state index contributed by atoms with van der Waals surface area (Å²) in [5, 5.41) is 10.8. The van der Waals surface area contributed by atoms with Crippen LogP contribution in [0.3, 0.4) is 0 Å². The van der Waals surface area contributed by atoms with Crippen LogP contribution in [-0.4, -0.2) is 46.8 Å². The molecule has 0 radical (unpaired) electrons. The minimum absolute atomic E-state index is 0.178. The molecule has 1 saturated carbocycles. The summed E-state index contributed by atoms with van der Waals surface area (Å²) in [4.78, 5) is 4.66. The molecular weight excluding hydrogens is 267 g/mol. The van der Waals surface area contributed by atoms with Gasteiger partial charge in [-0.2, -0.15) is 0 Å². The molecule has 0 amide bonds. The van der Waals surface area contributed by atoms with Gasteiger partial charge < -0.3 is 5.11 Å². The van der Waals surface area contributed by atoms with Gasteiger partial charge in [0.1, 0.15) is 11.5 Å². The van der Waals surface area contributed by atoms with Gasteiger partial charge in [0, 0.05) is 32.7 Å². The molecule has 1 aliphatic heterocycles. The van der Waals surface area contributed by atoms with Crippen LogP contribution in [0.25, 0.3) is 0 Å². The fourth-order valence-corrected chi connectivity index (χ4v) is 3.60. The summed E-state index contributed by atoms with van der Waals surface area (Å²) >= 11 is 0. The smallest absolute Gasteiger partial charge is 0.123 e. The highest BCUT2D eigenvalue weighted by molar-refractivity contribution is 5.16. The van der Waals surface area contributed by atoms with Crippen LogP contribution in [0.15, 0.2) is 24.3 Å². The van der Waals surface area contributed by atoms with Crippen LogP contribution in [0.5, 0.6) is 0 Å². The van der Waals surface area contributed by atoms with E-state index in [0.29, 0.717) is 0 Å². The van der Waals surface area contributed by atoms with Gasteiger partial charge in [-0.25, -0.2) is 4.39 Å². The van der Waals surface area contributed by atoms with Gasteiger partial charge >= 0.3 is 0 Å². The molecule has 3 nitrogen and oxygen atoms in total. The first kappa shape index (κ1) is 14.9. The third-order valence-corrected chi connectivity index (χ3v) is 4.93. The molecule has 2 fully saturated rings. The van der Waals surface area contributed by atoms with Gasteiger partial charge in [-0.3, -0.25) is 9.80 Å². The molecule has 1 N–H and O–H groups in total. The van der Waals surface area contributed by atoms with Crippen molar-refractivity contribution in [2.75, 3.05) is 26.2 Å². The summed E-state index contributed by atoms with van der Waals surface area (Å²) in [6, 6.07) is 6.76. The van der Waals surface area contributed by atoms with Crippen LogP contribution in [0.2, 0.25) is 0 Å². The van der Waals surface area contributed by atoms with Gasteiger partial charge in [0.2, 0.25) is 0 Å². The Bertz CT molecular complexity index is 448. The normalized spacial score (nSPS) is 24.1. The first-order valence-corrected chi connectivity index (χ1v) is 8.10. The van der Waals surface area contributed by atoms with E-state index in [9.17, 15) is 9.50 Å². The van der Waals surface area contributed by atoms with Gasteiger partial charge in [0.15, 0.2) is 0 Å². The molecule has 0 spiro atoms. The van der Waals surface area contributed by atoms with E-state index in [-0.39, 0.29) is 5.82 Å². The molecule has 3 rings (SSSR count). The molecule has 0 atom stereocenters. The minimum atomic E-state index is -0.555. The maximum atomic E-state index is 12.9. The fourth-order valence-electron chi connectivity index (χ4n) is 3.60. The molecule has 1 heterocycles. The Hall–Kier alpha value is -0.970. The van der Waals surface area contributed by atoms with E-state index in [2.05, 4.69) is 9.80 Å². The minimum Gasteiger partial charge on any atom is -0.376 e. The molecule has 2 aliphatic rings. The van der Waals surface area contributed by atoms with Gasteiger partial charge in [0.25, 0.3) is 0 Å². The Labute approximate surface area is 126 Å². The van der Waals surface area contributed by atoms with Crippen molar-refractivity contribution >= 4 is 0 Å². The number of hydrogen-bond acceptors (Lipinski definition) is 3. The molecule has 0 aromatic heterocycles. The predicted octanol–water partition coefficient (Wildman–Crippen LogP) is 2.60. The first-order chi connectivity index (χ1) is 10.2. The van der Waals surface area contributed by atoms with Crippen LogP contribution in [-0.2, 0) is 6.54 Å². The van der Waals surface area contributed by atoms with Crippen molar-refractivity contribution in [2.45, 2.75) is 44.4 Å². The first-order valence-electron chi connectivity index (χ1n) is 8.10. The SMILES string of the molecule is OC1(N2CCN(Cc3ccc(F)cc3)CC2)CCCCC1. The van der Waals surface area contributed by atoms with Crippen molar-refractivity contribution in [1.29, 1.82) is 0 Å². The quantitative estimate of drug-likeness (QED) is 0.927. The summed E-state index contributed by atoms with van der Waals surface area (Å²) in [5.41, 5.74) is 0.599. The second-order valence-electron chi connectivity index (χ2n) is 6.43. The molecule has 0 bridgehead atoms. The number of rotatable bonds is 3. The molecule has 0 unspecified atom stereocenters. The highest BCUT2D eigenvalue weighted by Crippen LogP contribution is 2.32. The maximum absolute atomic E-state index is 12.9. The summed E-state index contributed by atoms with van der Waals surface area (Å²) in [6.45, 7) is 4.67. The van der Waals surface area contributed by atoms with Crippen molar-refractivity contribution < 1.29 is 9.50 Å². The zero-order chi connectivity index (χ0) is 14.7. The summed E-state index contributed by atoms with van der Waals surface area (Å²) in [6.07, 6.45) is 5.39. The van der Waals surface area contributed by atoms with Gasteiger partial charge in [-0.15, -0.1) is 0 Å². The lowest BCUT2D eigenvalue weighted by atomic mass is 9.90. The van der Waals surface area contributed by atoms with Crippen molar-refractivity contribution in [2.24, 2.45) is 0 Å². The number of piperazine rings is 1. The average Bonchev–Trinajstić information content (AvgIpc) is 2.51. The van der Waals surface area contributed by atoms with Crippen LogP contribution in [0, 0.1) is 5.82 Å². The maximum Gasteiger partial charge on any atom is 0.123 e. The fraction of sp³-hybridized carbons (Fsp3) is 0.647. The Balaban J connectivity index is 1.51. The van der Waals surface area contributed by atoms with Crippen molar-refractivity contribution in [3.8, 4) is 0 Å². The molecule has 1 aromatic rings. The monoisotopic (exact) mass is 292 g/mol. The molecule has 1 aromatic carbocycles. The standard InChI is InChI=1S/C17H25FN2O/c18-16-6-4-15(5-7-16)14-19-10-12-20(13-11-19)17(21)8-2-1-3-9-17/h4-7,21H,1-3,8-14H2. The van der Waals surface area contributed by atoms with E-state index in [1.165, 1.54) is 18.6 Å². The van der Waals surface area contributed by atoms with Crippen LogP contribution in [0.4, 0.5) is 4.39 Å². The van der Waals surface area contributed by atoms with E-state index >= 15 is 0 Å². The topological polar surface area (TPSA) is 26.7 Å². The molecule has 1 saturated heterocycles. The number of halogens is 1. The summed E-state index contributed by atoms with van der Waals surface area (Å²) < 4.78 is 12.9. The van der Waals surface area contributed by atoms with E-state index in [0.717, 1.165) is 64.0 Å². The Kier molecular flexibility index (Phi) is 4.57. The highest BCUT2D eigenvalue weighted by Gasteiger charge is 2.37. The summed E-state index contributed by atoms with van der Waals surface area (Å²) in [5.74, 6) is -0.178. The van der Waals surface area contributed by atoms with Crippen molar-refractivity contribution in [1.82, 2.24) is 9.80 Å². The number of aliphatic hydroxyl groups is 1. The third-order valence-electron chi connectivity index (χ3n) is 4.93. The highest BCUT2D eigenvalue weighted by atomic mass is 19.1. The Morgan fingerprint density at radius 3 is 2.19 bits per heavy atom. The van der Waals surface area contributed by atoms with E-state index in [4.69, 9.17) is 0 Å². The molecule has 116 valence electrons. The summed E-state index contributed by atoms with van der Waals surface area (Å²) in [7, 11) is 0. The second-order valence-corrected chi connectivity index (χ2v) is 6.43. The van der Waals surface area contributed by atoms with Gasteiger partial charge in [0.05, 0.1) is 0 Å². The number of benzene rings is 1. The largest absolute Gasteiger partial charge is 0.376 e. The average molecular weight is 292 g/mol. The van der Waals surface area contributed by atoms with Crippen LogP contribution < -0.4 is 0 Å². The van der Waals surface area contributed by atoms with E-state index in [1.54, 1.807) is 0 Å². The lowest BCUT2D eigenvalue weighted by Gasteiger charge is -2.46. The molecular formula is C17H25FN2O. The third kappa shape index (κ3) is 3.62. The van der Waals surface area contributed by atoms with E-state index in [1.807, 2.05) is 12.1 Å². The molecule has 1 aliphatic carbocycles. The Morgan fingerprint density at radius 1 is 0.952 bits per heavy atom. The van der Waals surface area contributed by atoms with Crippen LogP contribution >= 0.6 is 0 Å². The second kappa shape index (κ2) is 6.42.